The molecule has 0 unspecified atom stereocenters. The van der Waals surface area contributed by atoms with Crippen molar-refractivity contribution in [2.75, 3.05) is 0 Å². The third kappa shape index (κ3) is 5.94. The second-order valence-electron chi connectivity index (χ2n) is 7.88. The Labute approximate surface area is 189 Å². The molecule has 0 bridgehead atoms. The summed E-state index contributed by atoms with van der Waals surface area (Å²) in [6.45, 7) is 4.21. The summed E-state index contributed by atoms with van der Waals surface area (Å²) in [5.74, 6) is -0.355. The lowest BCUT2D eigenvalue weighted by Crippen LogP contribution is -2.43. The third-order valence-electron chi connectivity index (χ3n) is 4.96. The first-order chi connectivity index (χ1) is 15.4. The second kappa shape index (κ2) is 10.9. The summed E-state index contributed by atoms with van der Waals surface area (Å²) in [6, 6.07) is 10.6. The van der Waals surface area contributed by atoms with Crippen molar-refractivity contribution in [1.29, 1.82) is 0 Å². The molecule has 3 rings (SSSR count). The summed E-state index contributed by atoms with van der Waals surface area (Å²) in [5, 5.41) is 7.99. The molecule has 2 heterocycles. The Morgan fingerprint density at radius 2 is 1.78 bits per heavy atom. The summed E-state index contributed by atoms with van der Waals surface area (Å²) >= 11 is 1.58. The Hall–Kier alpha value is -3.20. The number of nitrogens with one attached hydrogen (secondary N) is 2. The van der Waals surface area contributed by atoms with Gasteiger partial charge in [0, 0.05) is 23.9 Å². The molecule has 2 aromatic heterocycles. The highest BCUT2D eigenvalue weighted by Gasteiger charge is 2.15. The van der Waals surface area contributed by atoms with E-state index < -0.39 is 5.69 Å². The first-order valence-electron chi connectivity index (χ1n) is 10.7. The average Bonchev–Trinajstić information content (AvgIpc) is 3.28. The van der Waals surface area contributed by atoms with Gasteiger partial charge in [0.1, 0.15) is 6.54 Å². The van der Waals surface area contributed by atoms with Crippen molar-refractivity contribution in [2.24, 2.45) is 0 Å². The van der Waals surface area contributed by atoms with Crippen molar-refractivity contribution in [3.63, 3.8) is 0 Å². The molecule has 0 radical (unpaired) electrons. The van der Waals surface area contributed by atoms with Crippen LogP contribution < -0.4 is 21.9 Å². The smallest absolute Gasteiger partial charge is 0.331 e. The Morgan fingerprint density at radius 1 is 1.00 bits per heavy atom. The third-order valence-corrected chi connectivity index (χ3v) is 5.84. The molecular weight excluding hydrogens is 428 g/mol. The lowest BCUT2D eigenvalue weighted by Gasteiger charge is -2.15. The lowest BCUT2D eigenvalue weighted by atomic mass is 10.2. The fraction of sp³-hybridized carbons (Fsp3) is 0.391. The lowest BCUT2D eigenvalue weighted by molar-refractivity contribution is -0.122. The quantitative estimate of drug-likeness (QED) is 0.457. The van der Waals surface area contributed by atoms with Gasteiger partial charge in [0.15, 0.2) is 0 Å². The number of para-hydroxylation sites is 1. The van der Waals surface area contributed by atoms with Crippen LogP contribution in [-0.4, -0.2) is 27.0 Å². The topological polar surface area (TPSA) is 102 Å². The molecule has 0 aliphatic heterocycles. The van der Waals surface area contributed by atoms with E-state index in [9.17, 15) is 19.2 Å². The molecule has 3 aromatic rings. The van der Waals surface area contributed by atoms with Gasteiger partial charge in [-0.2, -0.15) is 0 Å². The molecule has 0 aliphatic carbocycles. The first-order valence-corrected chi connectivity index (χ1v) is 11.6. The minimum atomic E-state index is -0.519. The Morgan fingerprint density at radius 3 is 2.50 bits per heavy atom. The molecule has 0 fully saturated rings. The summed E-state index contributed by atoms with van der Waals surface area (Å²) in [7, 11) is 0. The largest absolute Gasteiger partial charge is 0.352 e. The van der Waals surface area contributed by atoms with Crippen molar-refractivity contribution in [1.82, 2.24) is 19.8 Å². The van der Waals surface area contributed by atoms with Gasteiger partial charge in [0.05, 0.1) is 17.4 Å². The Kier molecular flexibility index (Phi) is 7.99. The van der Waals surface area contributed by atoms with Crippen molar-refractivity contribution in [2.45, 2.75) is 58.8 Å². The number of carbonyl (C=O) groups is 2. The highest BCUT2D eigenvalue weighted by molar-refractivity contribution is 7.09. The van der Waals surface area contributed by atoms with Crippen molar-refractivity contribution >= 4 is 34.1 Å². The standard InChI is InChI=1S/C23H28N4O4S/c1-16(2)25-21(29)15-27-19-10-4-3-9-18(19)22(30)26(23(27)31)12-6-5-11-20(28)24-14-17-8-7-13-32-17/h3-4,7-10,13,16H,5-6,11-12,14-15H2,1-2H3,(H,24,28)(H,25,29). The van der Waals surface area contributed by atoms with Gasteiger partial charge in [-0.05, 0) is 50.3 Å². The number of benzene rings is 1. The van der Waals surface area contributed by atoms with Gasteiger partial charge in [-0.15, -0.1) is 11.3 Å². The molecule has 8 nitrogen and oxygen atoms in total. The van der Waals surface area contributed by atoms with Crippen LogP contribution in [0.3, 0.4) is 0 Å². The number of thiophene rings is 1. The van der Waals surface area contributed by atoms with E-state index >= 15 is 0 Å². The number of carbonyl (C=O) groups excluding carboxylic acids is 2. The van der Waals surface area contributed by atoms with Crippen LogP contribution in [0.25, 0.3) is 10.9 Å². The van der Waals surface area contributed by atoms with E-state index in [0.29, 0.717) is 36.7 Å². The van der Waals surface area contributed by atoms with Crippen LogP contribution >= 0.6 is 11.3 Å². The predicted molar refractivity (Wildman–Crippen MR) is 126 cm³/mol. The van der Waals surface area contributed by atoms with Gasteiger partial charge >= 0.3 is 5.69 Å². The predicted octanol–water partition coefficient (Wildman–Crippen LogP) is 2.24. The fourth-order valence-corrected chi connectivity index (χ4v) is 4.12. The van der Waals surface area contributed by atoms with E-state index in [1.54, 1.807) is 35.6 Å². The summed E-state index contributed by atoms with van der Waals surface area (Å²) < 4.78 is 2.50. The number of hydrogen-bond acceptors (Lipinski definition) is 5. The molecule has 0 aliphatic rings. The summed E-state index contributed by atoms with van der Waals surface area (Å²) in [6.07, 6.45) is 1.36. The molecule has 170 valence electrons. The van der Waals surface area contributed by atoms with Gasteiger partial charge in [-0.1, -0.05) is 18.2 Å². The van der Waals surface area contributed by atoms with Crippen LogP contribution in [0.5, 0.6) is 0 Å². The highest BCUT2D eigenvalue weighted by atomic mass is 32.1. The minimum Gasteiger partial charge on any atom is -0.352 e. The molecule has 0 spiro atoms. The number of nitrogens with zero attached hydrogens (tertiary/aromatic N) is 2. The van der Waals surface area contributed by atoms with E-state index in [1.165, 1.54) is 4.57 Å². The van der Waals surface area contributed by atoms with Gasteiger partial charge in [0.2, 0.25) is 11.8 Å². The maximum atomic E-state index is 13.1. The second-order valence-corrected chi connectivity index (χ2v) is 8.91. The van der Waals surface area contributed by atoms with E-state index in [4.69, 9.17) is 0 Å². The number of fused-ring (bicyclic) bond motifs is 1. The van der Waals surface area contributed by atoms with Gasteiger partial charge in [-0.3, -0.25) is 23.5 Å². The Balaban J connectivity index is 1.69. The first kappa shape index (κ1) is 23.5. The maximum absolute atomic E-state index is 13.1. The molecule has 9 heteroatoms. The van der Waals surface area contributed by atoms with Crippen LogP contribution in [0.4, 0.5) is 0 Å². The number of rotatable bonds is 10. The van der Waals surface area contributed by atoms with Crippen LogP contribution in [0.2, 0.25) is 0 Å². The average molecular weight is 457 g/mol. The molecule has 0 atom stereocenters. The number of aromatic nitrogens is 2. The van der Waals surface area contributed by atoms with Crippen LogP contribution in [-0.2, 0) is 29.2 Å². The van der Waals surface area contributed by atoms with E-state index in [-0.39, 0.29) is 36.5 Å². The monoisotopic (exact) mass is 456 g/mol. The van der Waals surface area contributed by atoms with E-state index in [1.807, 2.05) is 31.4 Å². The Bertz CT molecular complexity index is 1190. The molecular formula is C23H28N4O4S. The van der Waals surface area contributed by atoms with E-state index in [2.05, 4.69) is 10.6 Å². The molecule has 0 saturated heterocycles. The number of hydrogen-bond donors (Lipinski definition) is 2. The van der Waals surface area contributed by atoms with Gasteiger partial charge < -0.3 is 10.6 Å². The normalized spacial score (nSPS) is 11.1. The van der Waals surface area contributed by atoms with Crippen LogP contribution in [0.15, 0.2) is 51.4 Å². The van der Waals surface area contributed by atoms with Crippen molar-refractivity contribution in [3.8, 4) is 0 Å². The van der Waals surface area contributed by atoms with Crippen molar-refractivity contribution < 1.29 is 9.59 Å². The molecule has 2 amide bonds. The minimum absolute atomic E-state index is 0.0543. The zero-order chi connectivity index (χ0) is 23.1. The molecule has 0 saturated carbocycles. The summed E-state index contributed by atoms with van der Waals surface area (Å²) in [4.78, 5) is 51.4. The van der Waals surface area contributed by atoms with Gasteiger partial charge in [0.25, 0.3) is 5.56 Å². The summed E-state index contributed by atoms with van der Waals surface area (Å²) in [5.41, 5.74) is -0.464. The van der Waals surface area contributed by atoms with Crippen LogP contribution in [0.1, 0.15) is 38.0 Å². The molecule has 2 N–H and O–H groups in total. The number of unbranched alkanes of at least 4 members (excludes halogenated alkanes) is 1. The molecule has 32 heavy (non-hydrogen) atoms. The zero-order valence-corrected chi connectivity index (χ0v) is 19.1. The molecule has 1 aromatic carbocycles. The zero-order valence-electron chi connectivity index (χ0n) is 18.3. The highest BCUT2D eigenvalue weighted by Crippen LogP contribution is 2.09. The maximum Gasteiger partial charge on any atom is 0.331 e. The van der Waals surface area contributed by atoms with Gasteiger partial charge in [-0.25, -0.2) is 4.79 Å². The fourth-order valence-electron chi connectivity index (χ4n) is 3.47. The van der Waals surface area contributed by atoms with Crippen LogP contribution in [0, 0.1) is 0 Å². The van der Waals surface area contributed by atoms with E-state index in [0.717, 1.165) is 9.44 Å². The number of amides is 2. The van der Waals surface area contributed by atoms with Crippen molar-refractivity contribution in [3.05, 3.63) is 67.5 Å². The SMILES string of the molecule is CC(C)NC(=O)Cn1c(=O)n(CCCCC(=O)NCc2cccs2)c(=O)c2ccccc21.